The van der Waals surface area contributed by atoms with E-state index in [4.69, 9.17) is 0 Å². The first-order valence-corrected chi connectivity index (χ1v) is 4.65. The molecule has 0 radical (unpaired) electrons. The summed E-state index contributed by atoms with van der Waals surface area (Å²) in [4.78, 5) is 0. The van der Waals surface area contributed by atoms with Crippen LogP contribution < -0.4 is 0 Å². The Hall–Kier alpha value is -0.780. The van der Waals surface area contributed by atoms with E-state index in [9.17, 15) is 0 Å². The van der Waals surface area contributed by atoms with Gasteiger partial charge in [0.15, 0.2) is 0 Å². The second-order valence-electron chi connectivity index (χ2n) is 2.64. The molecule has 0 aliphatic heterocycles. The highest BCUT2D eigenvalue weighted by molar-refractivity contribution is 5.20. The molecule has 0 saturated heterocycles. The lowest BCUT2D eigenvalue weighted by molar-refractivity contribution is 1.09. The van der Waals surface area contributed by atoms with Crippen molar-refractivity contribution in [1.82, 2.24) is 0 Å². The van der Waals surface area contributed by atoms with Crippen molar-refractivity contribution in [2.45, 2.75) is 41.0 Å². The zero-order valence-electron chi connectivity index (χ0n) is 9.09. The molecule has 0 atom stereocenters. The molecular weight excluding hydrogens is 144 g/mol. The molecule has 0 aromatic rings. The molecule has 0 aromatic heterocycles. The van der Waals surface area contributed by atoms with Gasteiger partial charge in [-0.2, -0.15) is 0 Å². The Morgan fingerprint density at radius 3 is 1.92 bits per heavy atom. The SMILES string of the molecule is CCC.C\C=C/C=C(C)\C=C\C. The molecule has 0 bridgehead atoms. The molecule has 0 aliphatic carbocycles. The van der Waals surface area contributed by atoms with Crippen LogP contribution in [0.4, 0.5) is 0 Å². The summed E-state index contributed by atoms with van der Waals surface area (Å²) in [6.45, 7) is 10.4. The quantitative estimate of drug-likeness (QED) is 0.530. The van der Waals surface area contributed by atoms with E-state index < -0.39 is 0 Å². The molecule has 0 rings (SSSR count). The van der Waals surface area contributed by atoms with E-state index >= 15 is 0 Å². The monoisotopic (exact) mass is 166 g/mol. The summed E-state index contributed by atoms with van der Waals surface area (Å²) in [6, 6.07) is 0. The largest absolute Gasteiger partial charge is 0.0877 e. The van der Waals surface area contributed by atoms with Crippen LogP contribution >= 0.6 is 0 Å². The maximum Gasteiger partial charge on any atom is -0.0398 e. The van der Waals surface area contributed by atoms with Crippen molar-refractivity contribution in [3.05, 3.63) is 36.0 Å². The van der Waals surface area contributed by atoms with E-state index in [0.29, 0.717) is 0 Å². The lowest BCUT2D eigenvalue weighted by Gasteiger charge is -1.83. The molecule has 0 fully saturated rings. The Balaban J connectivity index is 0. The van der Waals surface area contributed by atoms with Crippen LogP contribution in [0.25, 0.3) is 0 Å². The second-order valence-corrected chi connectivity index (χ2v) is 2.64. The van der Waals surface area contributed by atoms with Gasteiger partial charge in [0.1, 0.15) is 0 Å². The summed E-state index contributed by atoms with van der Waals surface area (Å²) in [5.74, 6) is 0. The van der Waals surface area contributed by atoms with E-state index in [1.165, 1.54) is 12.0 Å². The molecule has 0 amide bonds. The summed E-state index contributed by atoms with van der Waals surface area (Å²) in [6.07, 6.45) is 11.5. The lowest BCUT2D eigenvalue weighted by atomic mass is 10.2. The molecule has 0 nitrogen and oxygen atoms in total. The van der Waals surface area contributed by atoms with Crippen molar-refractivity contribution < 1.29 is 0 Å². The van der Waals surface area contributed by atoms with Crippen molar-refractivity contribution >= 4 is 0 Å². The highest BCUT2D eigenvalue weighted by Crippen LogP contribution is 1.93. The van der Waals surface area contributed by atoms with Gasteiger partial charge in [-0.1, -0.05) is 56.2 Å². The third kappa shape index (κ3) is 16.1. The van der Waals surface area contributed by atoms with Crippen LogP contribution in [0.5, 0.6) is 0 Å². The van der Waals surface area contributed by atoms with Crippen LogP contribution in [0, 0.1) is 0 Å². The molecule has 0 heterocycles. The Kier molecular flexibility index (Phi) is 14.8. The minimum Gasteiger partial charge on any atom is -0.0877 e. The minimum absolute atomic E-state index is 1.25. The van der Waals surface area contributed by atoms with Gasteiger partial charge in [-0.25, -0.2) is 0 Å². The third-order valence-electron chi connectivity index (χ3n) is 0.981. The number of hydrogen-bond acceptors (Lipinski definition) is 0. The van der Waals surface area contributed by atoms with Gasteiger partial charge >= 0.3 is 0 Å². The van der Waals surface area contributed by atoms with E-state index in [-0.39, 0.29) is 0 Å². The maximum atomic E-state index is 2.12. The van der Waals surface area contributed by atoms with Crippen molar-refractivity contribution in [3.63, 3.8) is 0 Å². The Morgan fingerprint density at radius 2 is 1.58 bits per heavy atom. The molecule has 0 saturated carbocycles. The maximum absolute atomic E-state index is 2.12. The van der Waals surface area contributed by atoms with Crippen LogP contribution in [0.3, 0.4) is 0 Å². The highest BCUT2D eigenvalue weighted by atomic mass is 13.8. The fourth-order valence-electron chi connectivity index (χ4n) is 0.566. The van der Waals surface area contributed by atoms with Crippen LogP contribution in [0.1, 0.15) is 41.0 Å². The zero-order chi connectivity index (χ0) is 9.82. The van der Waals surface area contributed by atoms with Crippen molar-refractivity contribution in [2.75, 3.05) is 0 Å². The first-order valence-electron chi connectivity index (χ1n) is 4.65. The Bertz CT molecular complexity index is 147. The van der Waals surface area contributed by atoms with E-state index in [1.54, 1.807) is 0 Å². The van der Waals surface area contributed by atoms with Gasteiger partial charge in [-0.05, 0) is 20.8 Å². The summed E-state index contributed by atoms with van der Waals surface area (Å²) < 4.78 is 0. The highest BCUT2D eigenvalue weighted by Gasteiger charge is 1.72. The van der Waals surface area contributed by atoms with Gasteiger partial charge in [-0.15, -0.1) is 0 Å². The van der Waals surface area contributed by atoms with Crippen LogP contribution in [-0.2, 0) is 0 Å². The molecular formula is C12H22. The smallest absolute Gasteiger partial charge is 0.0398 e. The number of rotatable bonds is 2. The van der Waals surface area contributed by atoms with E-state index in [1.807, 2.05) is 32.1 Å². The number of hydrogen-bond donors (Lipinski definition) is 0. The molecule has 0 aromatic carbocycles. The van der Waals surface area contributed by atoms with E-state index in [0.717, 1.165) is 0 Å². The second kappa shape index (κ2) is 12.9. The summed E-state index contributed by atoms with van der Waals surface area (Å²) in [5.41, 5.74) is 1.29. The predicted molar refractivity (Wildman–Crippen MR) is 59.4 cm³/mol. The summed E-state index contributed by atoms with van der Waals surface area (Å²) in [7, 11) is 0. The average molecular weight is 166 g/mol. The molecule has 0 aliphatic rings. The normalized spacial score (nSPS) is 11.9. The van der Waals surface area contributed by atoms with Gasteiger partial charge in [0, 0.05) is 0 Å². The standard InChI is InChI=1S/C9H14.C3H8/c1-4-6-8-9(3)7-5-2;1-3-2/h4-8H,1-3H3;3H2,1-2H3/b6-4-,7-5+,9-8-;. The van der Waals surface area contributed by atoms with Crippen LogP contribution in [0.2, 0.25) is 0 Å². The van der Waals surface area contributed by atoms with Gasteiger partial charge in [0.2, 0.25) is 0 Å². The summed E-state index contributed by atoms with van der Waals surface area (Å²) >= 11 is 0. The first-order chi connectivity index (χ1) is 5.72. The topological polar surface area (TPSA) is 0 Å². The molecule has 0 unspecified atom stereocenters. The Labute approximate surface area is 77.7 Å². The molecule has 0 heteroatoms. The van der Waals surface area contributed by atoms with Gasteiger partial charge in [-0.3, -0.25) is 0 Å². The fraction of sp³-hybridized carbons (Fsp3) is 0.500. The predicted octanol–water partition coefficient (Wildman–Crippen LogP) is 4.50. The van der Waals surface area contributed by atoms with Crippen molar-refractivity contribution in [1.29, 1.82) is 0 Å². The third-order valence-corrected chi connectivity index (χ3v) is 0.981. The van der Waals surface area contributed by atoms with Crippen LogP contribution in [-0.4, -0.2) is 0 Å². The van der Waals surface area contributed by atoms with Crippen LogP contribution in [0.15, 0.2) is 36.0 Å². The lowest BCUT2D eigenvalue weighted by Crippen LogP contribution is -1.62. The van der Waals surface area contributed by atoms with Crippen molar-refractivity contribution in [3.8, 4) is 0 Å². The zero-order valence-corrected chi connectivity index (χ0v) is 9.09. The fourth-order valence-corrected chi connectivity index (χ4v) is 0.566. The molecule has 70 valence electrons. The molecule has 0 N–H and O–H groups in total. The van der Waals surface area contributed by atoms with Gasteiger partial charge < -0.3 is 0 Å². The number of allylic oxidation sites excluding steroid dienone is 6. The molecule has 0 spiro atoms. The molecule has 12 heavy (non-hydrogen) atoms. The van der Waals surface area contributed by atoms with Gasteiger partial charge in [0.25, 0.3) is 0 Å². The van der Waals surface area contributed by atoms with E-state index in [2.05, 4.69) is 32.9 Å². The van der Waals surface area contributed by atoms with Gasteiger partial charge in [0.05, 0.1) is 0 Å². The minimum atomic E-state index is 1.25. The first kappa shape index (κ1) is 13.8. The van der Waals surface area contributed by atoms with Crippen molar-refractivity contribution in [2.24, 2.45) is 0 Å². The Morgan fingerprint density at radius 1 is 1.08 bits per heavy atom. The average Bonchev–Trinajstić information content (AvgIpc) is 2.03. The summed E-state index contributed by atoms with van der Waals surface area (Å²) in [5, 5.41) is 0.